The van der Waals surface area contributed by atoms with Crippen molar-refractivity contribution >= 4 is 17.6 Å². The maximum Gasteiger partial charge on any atom is 0.339 e. The van der Waals surface area contributed by atoms with E-state index < -0.39 is 5.97 Å². The molecule has 0 spiro atoms. The molecule has 0 amide bonds. The summed E-state index contributed by atoms with van der Waals surface area (Å²) in [4.78, 5) is 15.2. The number of ether oxygens (including phenoxy) is 2. The van der Waals surface area contributed by atoms with Crippen LogP contribution in [0, 0.1) is 0 Å². The van der Waals surface area contributed by atoms with E-state index in [1.807, 2.05) is 0 Å². The van der Waals surface area contributed by atoms with Crippen LogP contribution < -0.4 is 4.74 Å². The first-order chi connectivity index (χ1) is 6.69. The first kappa shape index (κ1) is 10.8. The molecule has 1 aromatic heterocycles. The second kappa shape index (κ2) is 4.81. The van der Waals surface area contributed by atoms with E-state index in [1.165, 1.54) is 19.4 Å². The topological polar surface area (TPSA) is 48.4 Å². The summed E-state index contributed by atoms with van der Waals surface area (Å²) in [5.41, 5.74) is 0.264. The monoisotopic (exact) mass is 215 g/mol. The molecule has 0 saturated heterocycles. The molecule has 0 saturated carbocycles. The molecule has 0 radical (unpaired) electrons. The number of pyridine rings is 1. The number of carbonyl (C=O) groups is 1. The van der Waals surface area contributed by atoms with Crippen molar-refractivity contribution in [3.8, 4) is 5.88 Å². The van der Waals surface area contributed by atoms with E-state index in [9.17, 15) is 4.79 Å². The Morgan fingerprint density at radius 3 is 2.93 bits per heavy atom. The standard InChI is InChI=1S/C9H10ClNO3/c1-3-14-9(12)6-4-8(13-2)11-5-7(6)10/h4-5H,3H2,1-2H3. The largest absolute Gasteiger partial charge is 0.481 e. The van der Waals surface area contributed by atoms with Crippen molar-refractivity contribution in [2.75, 3.05) is 13.7 Å². The third kappa shape index (κ3) is 2.35. The van der Waals surface area contributed by atoms with Gasteiger partial charge in [-0.05, 0) is 6.92 Å². The molecule has 1 heterocycles. The zero-order valence-corrected chi connectivity index (χ0v) is 8.67. The molecule has 0 atom stereocenters. The van der Waals surface area contributed by atoms with Crippen LogP contribution in [-0.4, -0.2) is 24.7 Å². The van der Waals surface area contributed by atoms with Crippen LogP contribution in [0.4, 0.5) is 0 Å². The zero-order valence-electron chi connectivity index (χ0n) is 7.91. The first-order valence-corrected chi connectivity index (χ1v) is 4.43. The zero-order chi connectivity index (χ0) is 10.6. The molecule has 0 unspecified atom stereocenters. The highest BCUT2D eigenvalue weighted by atomic mass is 35.5. The van der Waals surface area contributed by atoms with Crippen LogP contribution in [0.3, 0.4) is 0 Å². The van der Waals surface area contributed by atoms with Gasteiger partial charge in [-0.2, -0.15) is 0 Å². The molecule has 14 heavy (non-hydrogen) atoms. The van der Waals surface area contributed by atoms with Crippen LogP contribution in [0.15, 0.2) is 12.3 Å². The summed E-state index contributed by atoms with van der Waals surface area (Å²) in [6.07, 6.45) is 1.35. The van der Waals surface area contributed by atoms with E-state index in [-0.39, 0.29) is 10.6 Å². The number of aromatic nitrogens is 1. The molecule has 1 aromatic rings. The van der Waals surface area contributed by atoms with Gasteiger partial charge in [-0.1, -0.05) is 11.6 Å². The van der Waals surface area contributed by atoms with Crippen molar-refractivity contribution in [1.29, 1.82) is 0 Å². The van der Waals surface area contributed by atoms with Crippen LogP contribution in [0.5, 0.6) is 5.88 Å². The Morgan fingerprint density at radius 1 is 1.64 bits per heavy atom. The second-order valence-electron chi connectivity index (χ2n) is 2.43. The Labute approximate surface area is 86.8 Å². The summed E-state index contributed by atoms with van der Waals surface area (Å²) in [6.45, 7) is 2.03. The number of hydrogen-bond donors (Lipinski definition) is 0. The molecule has 1 rings (SSSR count). The summed E-state index contributed by atoms with van der Waals surface area (Å²) < 4.78 is 9.66. The van der Waals surface area contributed by atoms with E-state index >= 15 is 0 Å². The first-order valence-electron chi connectivity index (χ1n) is 4.05. The van der Waals surface area contributed by atoms with E-state index in [0.29, 0.717) is 12.5 Å². The number of hydrogen-bond acceptors (Lipinski definition) is 4. The Bertz CT molecular complexity index is 341. The van der Waals surface area contributed by atoms with Crippen molar-refractivity contribution in [2.24, 2.45) is 0 Å². The van der Waals surface area contributed by atoms with Gasteiger partial charge >= 0.3 is 5.97 Å². The molecule has 0 aliphatic heterocycles. The SMILES string of the molecule is CCOC(=O)c1cc(OC)ncc1Cl. The van der Waals surface area contributed by atoms with Crippen molar-refractivity contribution in [2.45, 2.75) is 6.92 Å². The molecule has 0 aliphatic rings. The summed E-state index contributed by atoms with van der Waals surface area (Å²) in [6, 6.07) is 1.44. The number of carbonyl (C=O) groups excluding carboxylic acids is 1. The molecular formula is C9H10ClNO3. The minimum Gasteiger partial charge on any atom is -0.481 e. The van der Waals surface area contributed by atoms with E-state index in [4.69, 9.17) is 21.1 Å². The number of rotatable bonds is 3. The predicted octanol–water partition coefficient (Wildman–Crippen LogP) is 1.92. The minimum atomic E-state index is -0.474. The molecule has 0 fully saturated rings. The van der Waals surface area contributed by atoms with Gasteiger partial charge in [0, 0.05) is 6.07 Å². The van der Waals surface area contributed by atoms with Gasteiger partial charge in [-0.25, -0.2) is 9.78 Å². The lowest BCUT2D eigenvalue weighted by atomic mass is 10.2. The van der Waals surface area contributed by atoms with Crippen LogP contribution in [-0.2, 0) is 4.74 Å². The highest BCUT2D eigenvalue weighted by Crippen LogP contribution is 2.19. The molecule has 4 nitrogen and oxygen atoms in total. The molecule has 76 valence electrons. The van der Waals surface area contributed by atoms with Crippen LogP contribution in [0.2, 0.25) is 5.02 Å². The lowest BCUT2D eigenvalue weighted by molar-refractivity contribution is 0.0526. The minimum absolute atomic E-state index is 0.254. The Balaban J connectivity index is 2.99. The Kier molecular flexibility index (Phi) is 3.71. The van der Waals surface area contributed by atoms with Gasteiger partial charge in [0.1, 0.15) is 0 Å². The lowest BCUT2D eigenvalue weighted by Gasteiger charge is -2.05. The predicted molar refractivity (Wildman–Crippen MR) is 51.8 cm³/mol. The molecule has 0 bridgehead atoms. The van der Waals surface area contributed by atoms with Gasteiger partial charge in [0.25, 0.3) is 0 Å². The summed E-state index contributed by atoms with van der Waals surface area (Å²) in [5.74, 6) is -0.143. The molecule has 0 aromatic carbocycles. The Morgan fingerprint density at radius 2 is 2.36 bits per heavy atom. The number of halogens is 1. The van der Waals surface area contributed by atoms with Crippen LogP contribution in [0.1, 0.15) is 17.3 Å². The fourth-order valence-electron chi connectivity index (χ4n) is 0.896. The van der Waals surface area contributed by atoms with Gasteiger partial charge in [0.05, 0.1) is 30.5 Å². The highest BCUT2D eigenvalue weighted by molar-refractivity contribution is 6.33. The van der Waals surface area contributed by atoms with Gasteiger partial charge in [0.15, 0.2) is 0 Å². The van der Waals surface area contributed by atoms with Crippen molar-refractivity contribution < 1.29 is 14.3 Å². The second-order valence-corrected chi connectivity index (χ2v) is 2.83. The third-order valence-electron chi connectivity index (χ3n) is 1.53. The van der Waals surface area contributed by atoms with Crippen molar-refractivity contribution in [1.82, 2.24) is 4.98 Å². The molecular weight excluding hydrogens is 206 g/mol. The maximum atomic E-state index is 11.3. The number of esters is 1. The maximum absolute atomic E-state index is 11.3. The number of methoxy groups -OCH3 is 1. The summed E-state index contributed by atoms with van der Waals surface area (Å²) in [7, 11) is 1.46. The van der Waals surface area contributed by atoms with Gasteiger partial charge in [0.2, 0.25) is 5.88 Å². The molecule has 0 N–H and O–H groups in total. The number of nitrogens with zero attached hydrogens (tertiary/aromatic N) is 1. The van der Waals surface area contributed by atoms with Crippen LogP contribution in [0.25, 0.3) is 0 Å². The van der Waals surface area contributed by atoms with Crippen molar-refractivity contribution in [3.63, 3.8) is 0 Å². The average molecular weight is 216 g/mol. The highest BCUT2D eigenvalue weighted by Gasteiger charge is 2.12. The van der Waals surface area contributed by atoms with Crippen molar-refractivity contribution in [3.05, 3.63) is 22.8 Å². The van der Waals surface area contributed by atoms with E-state index in [0.717, 1.165) is 0 Å². The fraction of sp³-hybridized carbons (Fsp3) is 0.333. The van der Waals surface area contributed by atoms with Gasteiger partial charge in [-0.15, -0.1) is 0 Å². The van der Waals surface area contributed by atoms with E-state index in [2.05, 4.69) is 4.98 Å². The van der Waals surface area contributed by atoms with Crippen LogP contribution >= 0.6 is 11.6 Å². The quantitative estimate of drug-likeness (QED) is 0.723. The fourth-order valence-corrected chi connectivity index (χ4v) is 1.08. The third-order valence-corrected chi connectivity index (χ3v) is 1.84. The average Bonchev–Trinajstić information content (AvgIpc) is 2.19. The van der Waals surface area contributed by atoms with Gasteiger partial charge in [-0.3, -0.25) is 0 Å². The summed E-state index contributed by atoms with van der Waals surface area (Å²) >= 11 is 5.76. The molecule has 0 aliphatic carbocycles. The smallest absolute Gasteiger partial charge is 0.339 e. The van der Waals surface area contributed by atoms with Gasteiger partial charge < -0.3 is 9.47 Å². The Hall–Kier alpha value is -1.29. The lowest BCUT2D eigenvalue weighted by Crippen LogP contribution is -2.06. The molecule has 5 heteroatoms. The van der Waals surface area contributed by atoms with E-state index in [1.54, 1.807) is 6.92 Å². The summed E-state index contributed by atoms with van der Waals surface area (Å²) in [5, 5.41) is 0.254. The normalized spacial score (nSPS) is 9.64.